The summed E-state index contributed by atoms with van der Waals surface area (Å²) >= 11 is 0. The average molecular weight is 419 g/mol. The zero-order valence-corrected chi connectivity index (χ0v) is 20.1. The normalized spacial score (nSPS) is 39.4. The molecular formula is C27H46O3. The molecule has 0 heterocycles. The second-order valence-corrected chi connectivity index (χ2v) is 11.8. The molecule has 172 valence electrons. The van der Waals surface area contributed by atoms with Gasteiger partial charge in [-0.1, -0.05) is 65.5 Å². The number of hydrogen-bond donors (Lipinski definition) is 2. The van der Waals surface area contributed by atoms with Crippen LogP contribution in [-0.2, 0) is 4.79 Å². The number of carboxylic acid groups (broad SMARTS) is 1. The Bertz CT molecular complexity index is 638. The third kappa shape index (κ3) is 4.38. The summed E-state index contributed by atoms with van der Waals surface area (Å²) in [6.07, 6.45) is 13.4. The molecule has 3 aliphatic carbocycles. The van der Waals surface area contributed by atoms with Gasteiger partial charge >= 0.3 is 5.97 Å². The summed E-state index contributed by atoms with van der Waals surface area (Å²) in [7, 11) is 0. The molecule has 0 aromatic heterocycles. The van der Waals surface area contributed by atoms with Crippen LogP contribution in [0.4, 0.5) is 0 Å². The molecule has 3 aliphatic rings. The third-order valence-electron chi connectivity index (χ3n) is 9.80. The van der Waals surface area contributed by atoms with Gasteiger partial charge in [0.15, 0.2) is 0 Å². The molecule has 0 radical (unpaired) electrons. The van der Waals surface area contributed by atoms with Crippen molar-refractivity contribution in [3.63, 3.8) is 0 Å². The number of aliphatic hydroxyl groups excluding tert-OH is 1. The Morgan fingerprint density at radius 1 is 1.13 bits per heavy atom. The Balaban J connectivity index is 1.78. The number of allylic oxidation sites excluding steroid dienone is 1. The van der Waals surface area contributed by atoms with Gasteiger partial charge in [-0.15, -0.1) is 0 Å². The van der Waals surface area contributed by atoms with Gasteiger partial charge in [0.2, 0.25) is 0 Å². The highest BCUT2D eigenvalue weighted by molar-refractivity contribution is 5.70. The molecule has 2 saturated carbocycles. The van der Waals surface area contributed by atoms with Crippen molar-refractivity contribution in [3.05, 3.63) is 11.6 Å². The smallest absolute Gasteiger partial charge is 0.307 e. The maximum Gasteiger partial charge on any atom is 0.307 e. The van der Waals surface area contributed by atoms with Gasteiger partial charge in [-0.2, -0.15) is 0 Å². The quantitative estimate of drug-likeness (QED) is 0.410. The molecule has 0 aromatic carbocycles. The largest absolute Gasteiger partial charge is 0.481 e. The van der Waals surface area contributed by atoms with Gasteiger partial charge in [0.05, 0.1) is 6.42 Å². The maximum atomic E-state index is 11.5. The Hall–Kier alpha value is -0.830. The summed E-state index contributed by atoms with van der Waals surface area (Å²) in [6, 6.07) is 0. The average Bonchev–Trinajstić information content (AvgIpc) is 3.01. The fourth-order valence-corrected chi connectivity index (χ4v) is 8.20. The minimum atomic E-state index is -0.735. The first kappa shape index (κ1) is 23.8. The lowest BCUT2D eigenvalue weighted by atomic mass is 9.48. The van der Waals surface area contributed by atoms with Crippen LogP contribution in [0.1, 0.15) is 98.8 Å². The highest BCUT2D eigenvalue weighted by atomic mass is 16.4. The van der Waals surface area contributed by atoms with Crippen LogP contribution in [0.25, 0.3) is 0 Å². The van der Waals surface area contributed by atoms with Crippen LogP contribution < -0.4 is 0 Å². The van der Waals surface area contributed by atoms with Crippen molar-refractivity contribution in [1.29, 1.82) is 0 Å². The standard InChI is InChI=1S/C27H46O3/c1-18(2)7-6-8-19(3)22-11-12-23-21-10-9-20(17-25(29)30)26(4,15-16-28)24(21)13-14-27(22,23)5/h9,18-19,21-24,28H,6-8,10-17H2,1-5H3,(H,29,30). The molecule has 0 spiro atoms. The van der Waals surface area contributed by atoms with E-state index in [9.17, 15) is 15.0 Å². The van der Waals surface area contributed by atoms with E-state index in [2.05, 4.69) is 40.7 Å². The van der Waals surface area contributed by atoms with Crippen molar-refractivity contribution in [3.8, 4) is 0 Å². The zero-order valence-electron chi connectivity index (χ0n) is 20.1. The molecule has 7 atom stereocenters. The van der Waals surface area contributed by atoms with Crippen LogP contribution in [0.2, 0.25) is 0 Å². The molecule has 0 aromatic rings. The van der Waals surface area contributed by atoms with E-state index in [0.29, 0.717) is 23.7 Å². The van der Waals surface area contributed by atoms with Gasteiger partial charge in [0.25, 0.3) is 0 Å². The van der Waals surface area contributed by atoms with Crippen LogP contribution >= 0.6 is 0 Å². The lowest BCUT2D eigenvalue weighted by molar-refractivity contribution is -0.137. The number of aliphatic hydroxyl groups is 1. The minimum Gasteiger partial charge on any atom is -0.481 e. The first-order valence-corrected chi connectivity index (χ1v) is 12.7. The first-order chi connectivity index (χ1) is 14.1. The summed E-state index contributed by atoms with van der Waals surface area (Å²) in [5, 5.41) is 19.3. The molecular weight excluding hydrogens is 372 g/mol. The lowest BCUT2D eigenvalue weighted by Crippen LogP contribution is -2.49. The molecule has 0 amide bonds. The number of fused-ring (bicyclic) bond motifs is 3. The second-order valence-electron chi connectivity index (χ2n) is 11.8. The Morgan fingerprint density at radius 3 is 2.50 bits per heavy atom. The molecule has 3 rings (SSSR count). The Labute approximate surface area is 184 Å². The molecule has 3 heteroatoms. The molecule has 3 nitrogen and oxygen atoms in total. The molecule has 7 unspecified atom stereocenters. The predicted octanol–water partition coefficient (Wildman–Crippen LogP) is 6.70. The van der Waals surface area contributed by atoms with E-state index in [1.165, 1.54) is 44.9 Å². The van der Waals surface area contributed by atoms with Crippen molar-refractivity contribution < 1.29 is 15.0 Å². The van der Waals surface area contributed by atoms with Crippen molar-refractivity contribution in [2.45, 2.75) is 98.8 Å². The third-order valence-corrected chi connectivity index (χ3v) is 9.80. The summed E-state index contributed by atoms with van der Waals surface area (Å²) in [6.45, 7) is 12.2. The molecule has 2 fully saturated rings. The van der Waals surface area contributed by atoms with Gasteiger partial charge in [-0.05, 0) is 84.9 Å². The van der Waals surface area contributed by atoms with E-state index in [0.717, 1.165) is 35.7 Å². The fourth-order valence-electron chi connectivity index (χ4n) is 8.20. The van der Waals surface area contributed by atoms with Crippen LogP contribution in [0.3, 0.4) is 0 Å². The molecule has 0 aliphatic heterocycles. The molecule has 0 bridgehead atoms. The first-order valence-electron chi connectivity index (χ1n) is 12.7. The van der Waals surface area contributed by atoms with Gasteiger partial charge < -0.3 is 10.2 Å². The van der Waals surface area contributed by atoms with Crippen molar-refractivity contribution in [2.24, 2.45) is 46.3 Å². The van der Waals surface area contributed by atoms with Crippen molar-refractivity contribution in [2.75, 3.05) is 6.61 Å². The lowest BCUT2D eigenvalue weighted by Gasteiger charge is -2.57. The van der Waals surface area contributed by atoms with Gasteiger partial charge in [0.1, 0.15) is 0 Å². The Morgan fingerprint density at radius 2 is 1.87 bits per heavy atom. The summed E-state index contributed by atoms with van der Waals surface area (Å²) in [4.78, 5) is 11.5. The van der Waals surface area contributed by atoms with E-state index >= 15 is 0 Å². The number of hydrogen-bond acceptors (Lipinski definition) is 2. The second kappa shape index (κ2) is 9.35. The van der Waals surface area contributed by atoms with Crippen LogP contribution in [0.15, 0.2) is 11.6 Å². The molecule has 30 heavy (non-hydrogen) atoms. The number of carboxylic acids is 1. The SMILES string of the molecule is CC(C)CCCC(C)C1CCC2C3CC=C(CC(=O)O)C(C)(CCO)C3CCC12C. The summed E-state index contributed by atoms with van der Waals surface area (Å²) in [5.41, 5.74) is 1.36. The Kier molecular flexibility index (Phi) is 7.42. The predicted molar refractivity (Wildman–Crippen MR) is 123 cm³/mol. The van der Waals surface area contributed by atoms with Gasteiger partial charge in [-0.25, -0.2) is 0 Å². The molecule has 2 N–H and O–H groups in total. The van der Waals surface area contributed by atoms with E-state index in [4.69, 9.17) is 0 Å². The van der Waals surface area contributed by atoms with Gasteiger partial charge in [0, 0.05) is 6.61 Å². The summed E-state index contributed by atoms with van der Waals surface area (Å²) in [5.74, 6) is 3.65. The van der Waals surface area contributed by atoms with Crippen molar-refractivity contribution >= 4 is 5.97 Å². The molecule has 0 saturated heterocycles. The summed E-state index contributed by atoms with van der Waals surface area (Å²) < 4.78 is 0. The topological polar surface area (TPSA) is 57.5 Å². The van der Waals surface area contributed by atoms with Crippen LogP contribution in [-0.4, -0.2) is 22.8 Å². The minimum absolute atomic E-state index is 0.136. The van der Waals surface area contributed by atoms with E-state index < -0.39 is 5.97 Å². The maximum absolute atomic E-state index is 11.5. The van der Waals surface area contributed by atoms with Crippen molar-refractivity contribution in [1.82, 2.24) is 0 Å². The zero-order chi connectivity index (χ0) is 22.1. The fraction of sp³-hybridized carbons (Fsp3) is 0.889. The highest BCUT2D eigenvalue weighted by Gasteiger charge is 2.58. The number of rotatable bonds is 9. The van der Waals surface area contributed by atoms with Crippen LogP contribution in [0.5, 0.6) is 0 Å². The monoisotopic (exact) mass is 418 g/mol. The van der Waals surface area contributed by atoms with E-state index in [1.54, 1.807) is 0 Å². The van der Waals surface area contributed by atoms with Gasteiger partial charge in [-0.3, -0.25) is 4.79 Å². The van der Waals surface area contributed by atoms with Crippen LogP contribution in [0, 0.1) is 46.3 Å². The van der Waals surface area contributed by atoms with E-state index in [-0.39, 0.29) is 18.4 Å². The highest BCUT2D eigenvalue weighted by Crippen LogP contribution is 2.66. The number of carbonyl (C=O) groups is 1. The van der Waals surface area contributed by atoms with E-state index in [1.807, 2.05) is 0 Å². The number of aliphatic carboxylic acids is 1.